The topological polar surface area (TPSA) is 25.8 Å². The normalized spacial score (nSPS) is 10.5. The van der Waals surface area contributed by atoms with Gasteiger partial charge in [-0.2, -0.15) is 8.75 Å². The van der Waals surface area contributed by atoms with Crippen LogP contribution in [0.15, 0.2) is 12.1 Å². The van der Waals surface area contributed by atoms with E-state index in [2.05, 4.69) is 8.75 Å². The molecule has 62 valence electrons. The van der Waals surface area contributed by atoms with Gasteiger partial charge in [0.1, 0.15) is 5.69 Å². The first-order valence-corrected chi connectivity index (χ1v) is 5.31. The quantitative estimate of drug-likeness (QED) is 0.757. The Labute approximate surface area is 87.1 Å². The summed E-state index contributed by atoms with van der Waals surface area (Å²) in [5, 5.41) is 0.443. The molecule has 0 N–H and O–H groups in total. The zero-order valence-corrected chi connectivity index (χ0v) is 8.77. The zero-order chi connectivity index (χ0) is 8.55. The van der Waals surface area contributed by atoms with E-state index in [-0.39, 0.29) is 0 Å². The summed E-state index contributed by atoms with van der Waals surface area (Å²) in [5.74, 6) is 0. The van der Waals surface area contributed by atoms with Crippen LogP contribution >= 0.6 is 46.3 Å². The third kappa shape index (κ3) is 1.47. The summed E-state index contributed by atoms with van der Waals surface area (Å²) in [7, 11) is 0. The molecule has 2 aromatic rings. The van der Waals surface area contributed by atoms with Crippen LogP contribution in [0.3, 0.4) is 0 Å². The molecule has 0 atom stereocenters. The predicted molar refractivity (Wildman–Crippen MR) is 53.2 cm³/mol. The molecule has 0 unspecified atom stereocenters. The minimum Gasteiger partial charge on any atom is -0.170 e. The minimum atomic E-state index is 0.443. The van der Waals surface area contributed by atoms with E-state index in [1.165, 1.54) is 11.3 Å². The van der Waals surface area contributed by atoms with Gasteiger partial charge in [-0.1, -0.05) is 23.2 Å². The van der Waals surface area contributed by atoms with E-state index in [1.54, 1.807) is 0 Å². The highest BCUT2D eigenvalue weighted by Crippen LogP contribution is 2.33. The van der Waals surface area contributed by atoms with Crippen molar-refractivity contribution < 1.29 is 0 Å². The summed E-state index contributed by atoms with van der Waals surface area (Å²) >= 11 is 14.1. The average Bonchev–Trinajstić information content (AvgIpc) is 2.58. The highest BCUT2D eigenvalue weighted by atomic mass is 35.5. The molecule has 0 aromatic carbocycles. The highest BCUT2D eigenvalue weighted by molar-refractivity contribution is 7.19. The number of aromatic nitrogens is 2. The molecule has 2 heterocycles. The van der Waals surface area contributed by atoms with Gasteiger partial charge in [-0.25, -0.2) is 0 Å². The molecule has 0 fully saturated rings. The largest absolute Gasteiger partial charge is 0.171 e. The van der Waals surface area contributed by atoms with Gasteiger partial charge in [0.15, 0.2) is 5.15 Å². The molecule has 0 amide bonds. The maximum absolute atomic E-state index is 5.78. The van der Waals surface area contributed by atoms with Crippen molar-refractivity contribution in [2.45, 2.75) is 0 Å². The predicted octanol–water partition coefficient (Wildman–Crippen LogP) is 3.57. The van der Waals surface area contributed by atoms with Crippen molar-refractivity contribution in [2.24, 2.45) is 0 Å². The molecule has 0 saturated heterocycles. The third-order valence-electron chi connectivity index (χ3n) is 1.26. The Morgan fingerprint density at radius 3 is 2.50 bits per heavy atom. The van der Waals surface area contributed by atoms with E-state index in [1.807, 2.05) is 12.1 Å². The number of rotatable bonds is 1. The van der Waals surface area contributed by atoms with E-state index >= 15 is 0 Å². The van der Waals surface area contributed by atoms with E-state index in [9.17, 15) is 0 Å². The van der Waals surface area contributed by atoms with Crippen molar-refractivity contribution in [3.8, 4) is 10.6 Å². The maximum atomic E-state index is 5.78. The van der Waals surface area contributed by atoms with E-state index in [0.717, 1.165) is 26.6 Å². The Hall–Kier alpha value is -0.160. The first kappa shape index (κ1) is 8.44. The van der Waals surface area contributed by atoms with Gasteiger partial charge in [-0.05, 0) is 12.1 Å². The van der Waals surface area contributed by atoms with Crippen LogP contribution < -0.4 is 0 Å². The monoisotopic (exact) mass is 236 g/mol. The molecule has 0 radical (unpaired) electrons. The van der Waals surface area contributed by atoms with Gasteiger partial charge in [0.25, 0.3) is 0 Å². The second-order valence-electron chi connectivity index (χ2n) is 2.01. The van der Waals surface area contributed by atoms with Crippen LogP contribution in [-0.4, -0.2) is 8.75 Å². The molecule has 0 aliphatic heterocycles. The number of hydrogen-bond donors (Lipinski definition) is 0. The van der Waals surface area contributed by atoms with Crippen molar-refractivity contribution >= 4 is 46.3 Å². The Bertz CT molecular complexity index is 396. The van der Waals surface area contributed by atoms with Gasteiger partial charge in [0.05, 0.1) is 20.9 Å². The molecule has 12 heavy (non-hydrogen) atoms. The number of halogens is 2. The Kier molecular flexibility index (Phi) is 2.32. The molecule has 0 aliphatic rings. The Morgan fingerprint density at radius 1 is 1.17 bits per heavy atom. The maximum Gasteiger partial charge on any atom is 0.171 e. The highest BCUT2D eigenvalue weighted by Gasteiger charge is 2.09. The summed E-state index contributed by atoms with van der Waals surface area (Å²) in [4.78, 5) is 0.957. The Morgan fingerprint density at radius 2 is 2.00 bits per heavy atom. The zero-order valence-electron chi connectivity index (χ0n) is 5.62. The van der Waals surface area contributed by atoms with Crippen LogP contribution in [0.2, 0.25) is 9.49 Å². The lowest BCUT2D eigenvalue weighted by atomic mass is 10.4. The molecule has 0 saturated carbocycles. The van der Waals surface area contributed by atoms with Gasteiger partial charge in [-0.15, -0.1) is 11.3 Å². The van der Waals surface area contributed by atoms with Crippen LogP contribution in [0.5, 0.6) is 0 Å². The van der Waals surface area contributed by atoms with Crippen LogP contribution in [-0.2, 0) is 0 Å². The average molecular weight is 237 g/mol. The van der Waals surface area contributed by atoms with E-state index in [0.29, 0.717) is 5.15 Å². The van der Waals surface area contributed by atoms with Gasteiger partial charge in [0.2, 0.25) is 0 Å². The molecule has 0 spiro atoms. The number of nitrogens with zero attached hydrogens (tertiary/aromatic N) is 2. The number of hydrogen-bond acceptors (Lipinski definition) is 4. The first-order chi connectivity index (χ1) is 5.77. The lowest BCUT2D eigenvalue weighted by molar-refractivity contribution is 1.53. The van der Waals surface area contributed by atoms with Crippen molar-refractivity contribution in [2.75, 3.05) is 0 Å². The van der Waals surface area contributed by atoms with Crippen molar-refractivity contribution in [3.05, 3.63) is 21.6 Å². The molecule has 0 bridgehead atoms. The third-order valence-corrected chi connectivity index (χ3v) is 3.39. The summed E-state index contributed by atoms with van der Waals surface area (Å²) in [6.45, 7) is 0. The summed E-state index contributed by atoms with van der Waals surface area (Å²) in [5.41, 5.74) is 0.721. The standard InChI is InChI=1S/C6H2Cl2N2S2/c7-4-2-1-3(11-4)5-6(8)10-12-9-5/h1-2H. The molecule has 2 rings (SSSR count). The van der Waals surface area contributed by atoms with Gasteiger partial charge < -0.3 is 0 Å². The smallest absolute Gasteiger partial charge is 0.170 e. The summed E-state index contributed by atoms with van der Waals surface area (Å²) < 4.78 is 8.64. The lowest BCUT2D eigenvalue weighted by Crippen LogP contribution is -1.69. The minimum absolute atomic E-state index is 0.443. The van der Waals surface area contributed by atoms with Gasteiger partial charge in [0, 0.05) is 0 Å². The second kappa shape index (κ2) is 3.30. The van der Waals surface area contributed by atoms with E-state index < -0.39 is 0 Å². The summed E-state index contributed by atoms with van der Waals surface area (Å²) in [6, 6.07) is 3.70. The Balaban J connectivity index is 2.50. The first-order valence-electron chi connectivity index (χ1n) is 3.01. The SMILES string of the molecule is Clc1ccc(-c2nsnc2Cl)s1. The van der Waals surface area contributed by atoms with Crippen LogP contribution in [0.25, 0.3) is 10.6 Å². The van der Waals surface area contributed by atoms with Gasteiger partial charge >= 0.3 is 0 Å². The fourth-order valence-electron chi connectivity index (χ4n) is 0.766. The van der Waals surface area contributed by atoms with Crippen molar-refractivity contribution in [1.82, 2.24) is 8.75 Å². The fourth-order valence-corrected chi connectivity index (χ4v) is 2.67. The molecular weight excluding hydrogens is 235 g/mol. The van der Waals surface area contributed by atoms with Gasteiger partial charge in [-0.3, -0.25) is 0 Å². The van der Waals surface area contributed by atoms with E-state index in [4.69, 9.17) is 23.2 Å². The van der Waals surface area contributed by atoms with Crippen LogP contribution in [0, 0.1) is 0 Å². The summed E-state index contributed by atoms with van der Waals surface area (Å²) in [6.07, 6.45) is 0. The van der Waals surface area contributed by atoms with Crippen LogP contribution in [0.1, 0.15) is 0 Å². The van der Waals surface area contributed by atoms with Crippen molar-refractivity contribution in [3.63, 3.8) is 0 Å². The second-order valence-corrected chi connectivity index (χ2v) is 4.61. The fraction of sp³-hybridized carbons (Fsp3) is 0. The molecule has 6 heteroatoms. The molecule has 2 nitrogen and oxygen atoms in total. The van der Waals surface area contributed by atoms with Crippen molar-refractivity contribution in [1.29, 1.82) is 0 Å². The van der Waals surface area contributed by atoms with Crippen LogP contribution in [0.4, 0.5) is 0 Å². The molecular formula is C6H2Cl2N2S2. The molecule has 0 aliphatic carbocycles. The molecule has 2 aromatic heterocycles. The number of thiophene rings is 1. The lowest BCUT2D eigenvalue weighted by Gasteiger charge is -1.86.